The van der Waals surface area contributed by atoms with Gasteiger partial charge in [-0.25, -0.2) is 10.1 Å². The molecule has 10 nitrogen and oxygen atoms in total. The van der Waals surface area contributed by atoms with Crippen molar-refractivity contribution in [3.8, 4) is 6.07 Å². The van der Waals surface area contributed by atoms with E-state index >= 15 is 0 Å². The summed E-state index contributed by atoms with van der Waals surface area (Å²) in [5.41, 5.74) is 1.92. The van der Waals surface area contributed by atoms with Crippen LogP contribution in [0.3, 0.4) is 0 Å². The lowest BCUT2D eigenvalue weighted by molar-refractivity contribution is -0.133. The van der Waals surface area contributed by atoms with Gasteiger partial charge in [0.2, 0.25) is 5.91 Å². The van der Waals surface area contributed by atoms with Gasteiger partial charge in [0.1, 0.15) is 11.9 Å². The summed E-state index contributed by atoms with van der Waals surface area (Å²) in [4.78, 5) is 35.6. The molecule has 3 saturated heterocycles. The number of rotatable bonds is 7. The molecule has 3 fully saturated rings. The van der Waals surface area contributed by atoms with Crippen LogP contribution in [-0.4, -0.2) is 77.0 Å². The number of H-pyrrole nitrogens is 1. The number of pyridine rings is 1. The average Bonchev–Trinajstić information content (AvgIpc) is 3.59. The number of carbonyl (C=O) groups is 1. The van der Waals surface area contributed by atoms with Gasteiger partial charge in [-0.2, -0.15) is 10.4 Å². The number of hydrogen-bond donors (Lipinski definition) is 1. The van der Waals surface area contributed by atoms with E-state index in [0.29, 0.717) is 37.3 Å². The molecule has 0 aliphatic carbocycles. The minimum Gasteiger partial charge on any atom is -0.379 e. The summed E-state index contributed by atoms with van der Waals surface area (Å²) in [5, 5.41) is 15.4. The second-order valence-corrected chi connectivity index (χ2v) is 9.28. The predicted molar refractivity (Wildman–Crippen MR) is 126 cm³/mol. The molecule has 0 aromatic carbocycles. The Bertz CT molecular complexity index is 1140. The van der Waals surface area contributed by atoms with Crippen molar-refractivity contribution in [2.75, 3.05) is 42.6 Å². The summed E-state index contributed by atoms with van der Waals surface area (Å²) in [6.45, 7) is 5.09. The first-order valence-electron chi connectivity index (χ1n) is 11.9. The molecule has 1 N–H and O–H groups in total. The smallest absolute Gasteiger partial charge is 0.269 e. The second-order valence-electron chi connectivity index (χ2n) is 9.28. The second kappa shape index (κ2) is 9.43. The Hall–Kier alpha value is -3.45. The molecule has 5 heterocycles. The number of fused-ring (bicyclic) bond motifs is 2. The Balaban J connectivity index is 1.09. The van der Waals surface area contributed by atoms with Gasteiger partial charge < -0.3 is 19.4 Å². The summed E-state index contributed by atoms with van der Waals surface area (Å²) in [7, 11) is 0. The predicted octanol–water partition coefficient (Wildman–Crippen LogP) is 1.21. The van der Waals surface area contributed by atoms with Gasteiger partial charge in [0, 0.05) is 31.4 Å². The topological polar surface area (TPSA) is 118 Å². The fourth-order valence-corrected chi connectivity index (χ4v) is 5.46. The van der Waals surface area contributed by atoms with Crippen LogP contribution in [-0.2, 0) is 9.53 Å². The molecule has 5 rings (SSSR count). The van der Waals surface area contributed by atoms with Gasteiger partial charge >= 0.3 is 0 Å². The number of piperazine rings is 1. The highest BCUT2D eigenvalue weighted by molar-refractivity contribution is 5.77. The maximum absolute atomic E-state index is 12.8. The van der Waals surface area contributed by atoms with E-state index in [1.807, 2.05) is 17.9 Å². The molecule has 3 aliphatic rings. The van der Waals surface area contributed by atoms with E-state index in [9.17, 15) is 9.59 Å². The lowest BCUT2D eigenvalue weighted by Gasteiger charge is -2.35. The van der Waals surface area contributed by atoms with Gasteiger partial charge in [-0.05, 0) is 38.3 Å². The molecule has 3 aliphatic heterocycles. The molecule has 34 heavy (non-hydrogen) atoms. The van der Waals surface area contributed by atoms with Crippen molar-refractivity contribution in [3.05, 3.63) is 46.0 Å². The summed E-state index contributed by atoms with van der Waals surface area (Å²) < 4.78 is 5.92. The highest BCUT2D eigenvalue weighted by atomic mass is 16.5. The van der Waals surface area contributed by atoms with Crippen molar-refractivity contribution in [3.63, 3.8) is 0 Å². The average molecular weight is 464 g/mol. The number of aromatic nitrogens is 3. The summed E-state index contributed by atoms with van der Waals surface area (Å²) >= 11 is 0. The minimum atomic E-state index is -0.164. The molecule has 10 heteroatoms. The molecule has 178 valence electrons. The number of nitrogens with zero attached hydrogens (tertiary/aromatic N) is 6. The highest BCUT2D eigenvalue weighted by Crippen LogP contribution is 2.34. The van der Waals surface area contributed by atoms with Crippen LogP contribution in [0.2, 0.25) is 0 Å². The number of carbonyl (C=O) groups excluding carboxylic acids is 1. The van der Waals surface area contributed by atoms with Crippen molar-refractivity contribution in [1.82, 2.24) is 20.1 Å². The van der Waals surface area contributed by atoms with E-state index in [1.54, 1.807) is 18.5 Å². The zero-order valence-corrected chi connectivity index (χ0v) is 19.3. The Morgan fingerprint density at radius 2 is 2.15 bits per heavy atom. The molecular weight excluding hydrogens is 434 g/mol. The minimum absolute atomic E-state index is 0.137. The number of amides is 1. The number of aromatic amines is 1. The van der Waals surface area contributed by atoms with E-state index in [0.717, 1.165) is 43.9 Å². The number of likely N-dealkylation sites (tertiary alicyclic amines) is 1. The zero-order valence-electron chi connectivity index (χ0n) is 19.3. The van der Waals surface area contributed by atoms with Gasteiger partial charge in [-0.3, -0.25) is 9.59 Å². The molecule has 0 unspecified atom stereocenters. The standard InChI is InChI=1S/C24H29N7O3/c1-16-21(12-27-28-24(16)33)29-7-2-3-18(29)15-34-8-6-23(32)31-14-19-9-20(31)13-30(19)22-5-4-17(10-25)11-26-22/h4-5,11-12,18-20H,2-3,6-9,13-15H2,1H3,(H,28,33)/t18-,19-,20-/m0/s1. The first-order chi connectivity index (χ1) is 16.5. The van der Waals surface area contributed by atoms with Crippen molar-refractivity contribution in [2.45, 2.75) is 50.7 Å². The first-order valence-corrected chi connectivity index (χ1v) is 11.9. The van der Waals surface area contributed by atoms with Crippen molar-refractivity contribution in [1.29, 1.82) is 5.26 Å². The number of nitriles is 1. The van der Waals surface area contributed by atoms with Crippen LogP contribution in [0, 0.1) is 18.3 Å². The molecule has 3 atom stereocenters. The monoisotopic (exact) mass is 463 g/mol. The SMILES string of the molecule is Cc1c(N2CCC[C@H]2COCCC(=O)N2C[C@@H]3C[C@H]2CN3c2ccc(C#N)cn2)cn[nH]c1=O. The lowest BCUT2D eigenvalue weighted by atomic mass is 10.2. The Labute approximate surface area is 198 Å². The first kappa shape index (κ1) is 22.3. The molecule has 0 saturated carbocycles. The van der Waals surface area contributed by atoms with Crippen LogP contribution in [0.1, 0.15) is 36.8 Å². The van der Waals surface area contributed by atoms with Crippen LogP contribution < -0.4 is 15.4 Å². The zero-order chi connectivity index (χ0) is 23.7. The number of hydrogen-bond acceptors (Lipinski definition) is 8. The Morgan fingerprint density at radius 3 is 2.88 bits per heavy atom. The number of ether oxygens (including phenoxy) is 1. The fourth-order valence-electron chi connectivity index (χ4n) is 5.46. The maximum atomic E-state index is 12.8. The molecule has 2 aromatic rings. The summed E-state index contributed by atoms with van der Waals surface area (Å²) in [6.07, 6.45) is 6.67. The summed E-state index contributed by atoms with van der Waals surface area (Å²) in [5.74, 6) is 1.01. The quantitative estimate of drug-likeness (QED) is 0.609. The Morgan fingerprint density at radius 1 is 1.26 bits per heavy atom. The summed E-state index contributed by atoms with van der Waals surface area (Å²) in [6, 6.07) is 6.42. The molecule has 1 amide bonds. The third-order valence-electron chi connectivity index (χ3n) is 7.27. The van der Waals surface area contributed by atoms with E-state index in [4.69, 9.17) is 10.00 Å². The number of anilines is 2. The Kier molecular flexibility index (Phi) is 6.20. The highest BCUT2D eigenvalue weighted by Gasteiger charge is 2.45. The van der Waals surface area contributed by atoms with E-state index < -0.39 is 0 Å². The van der Waals surface area contributed by atoms with E-state index in [-0.39, 0.29) is 29.6 Å². The van der Waals surface area contributed by atoms with Gasteiger partial charge in [0.25, 0.3) is 5.56 Å². The van der Waals surface area contributed by atoms with Crippen molar-refractivity contribution < 1.29 is 9.53 Å². The van der Waals surface area contributed by atoms with Crippen LogP contribution >= 0.6 is 0 Å². The van der Waals surface area contributed by atoms with Gasteiger partial charge in [-0.15, -0.1) is 0 Å². The third kappa shape index (κ3) is 4.23. The molecule has 0 spiro atoms. The molecule has 0 radical (unpaired) electrons. The lowest BCUT2D eigenvalue weighted by Crippen LogP contribution is -2.49. The van der Waals surface area contributed by atoms with Crippen molar-refractivity contribution in [2.24, 2.45) is 0 Å². The molecular formula is C24H29N7O3. The van der Waals surface area contributed by atoms with Gasteiger partial charge in [-0.1, -0.05) is 0 Å². The maximum Gasteiger partial charge on any atom is 0.269 e. The van der Waals surface area contributed by atoms with Gasteiger partial charge in [0.05, 0.1) is 55.2 Å². The third-order valence-corrected chi connectivity index (χ3v) is 7.27. The van der Waals surface area contributed by atoms with Crippen LogP contribution in [0.25, 0.3) is 0 Å². The molecule has 2 bridgehead atoms. The van der Waals surface area contributed by atoms with Crippen molar-refractivity contribution >= 4 is 17.4 Å². The van der Waals surface area contributed by atoms with E-state index in [2.05, 4.69) is 31.1 Å². The number of nitrogens with one attached hydrogen (secondary N) is 1. The fraction of sp³-hybridized carbons (Fsp3) is 0.542. The van der Waals surface area contributed by atoms with Gasteiger partial charge in [0.15, 0.2) is 0 Å². The van der Waals surface area contributed by atoms with E-state index in [1.165, 1.54) is 0 Å². The normalized spacial score (nSPS) is 23.5. The van der Waals surface area contributed by atoms with Crippen LogP contribution in [0.15, 0.2) is 29.3 Å². The molecule has 2 aromatic heterocycles. The van der Waals surface area contributed by atoms with Crippen LogP contribution in [0.5, 0.6) is 0 Å². The van der Waals surface area contributed by atoms with Crippen LogP contribution in [0.4, 0.5) is 11.5 Å². The largest absolute Gasteiger partial charge is 0.379 e.